The lowest BCUT2D eigenvalue weighted by Crippen LogP contribution is -2.53. The third-order valence-corrected chi connectivity index (χ3v) is 3.74. The standard InChI is InChI=1S/C15H20N2O4/c1-11-7-8-17(15(19)20)9-13(11)16-14(18)21-10-12-5-3-2-4-6-12/h2-6,11,13H,7-10H2,1H3,(H,16,18)(H,19,20)/t11-,13+/m0/s1. The topological polar surface area (TPSA) is 78.9 Å². The number of alkyl carbamates (subject to hydrolysis) is 1. The van der Waals surface area contributed by atoms with Crippen LogP contribution in [0.15, 0.2) is 30.3 Å². The van der Waals surface area contributed by atoms with E-state index in [9.17, 15) is 9.59 Å². The first-order valence-electron chi connectivity index (χ1n) is 7.01. The summed E-state index contributed by atoms with van der Waals surface area (Å²) >= 11 is 0. The molecule has 1 aliphatic rings. The summed E-state index contributed by atoms with van der Waals surface area (Å²) in [7, 11) is 0. The fourth-order valence-corrected chi connectivity index (χ4v) is 2.35. The molecule has 0 aromatic heterocycles. The van der Waals surface area contributed by atoms with Gasteiger partial charge in [0.05, 0.1) is 6.04 Å². The second-order valence-electron chi connectivity index (χ2n) is 5.31. The molecule has 0 aliphatic carbocycles. The third kappa shape index (κ3) is 4.37. The molecule has 1 aromatic carbocycles. The van der Waals surface area contributed by atoms with E-state index in [1.165, 1.54) is 4.90 Å². The van der Waals surface area contributed by atoms with E-state index in [4.69, 9.17) is 9.84 Å². The van der Waals surface area contributed by atoms with Gasteiger partial charge in [0.2, 0.25) is 0 Å². The van der Waals surface area contributed by atoms with Crippen LogP contribution in [0.2, 0.25) is 0 Å². The first-order chi connectivity index (χ1) is 10.1. The molecule has 21 heavy (non-hydrogen) atoms. The minimum absolute atomic E-state index is 0.205. The number of hydrogen-bond donors (Lipinski definition) is 2. The Kier molecular flexibility index (Phi) is 5.03. The molecule has 1 heterocycles. The number of hydrogen-bond acceptors (Lipinski definition) is 3. The molecular formula is C15H20N2O4. The average molecular weight is 292 g/mol. The largest absolute Gasteiger partial charge is 0.465 e. The highest BCUT2D eigenvalue weighted by Crippen LogP contribution is 2.17. The number of amides is 2. The second-order valence-corrected chi connectivity index (χ2v) is 5.31. The van der Waals surface area contributed by atoms with Crippen LogP contribution in [0.4, 0.5) is 9.59 Å². The molecule has 1 aromatic rings. The summed E-state index contributed by atoms with van der Waals surface area (Å²) in [4.78, 5) is 24.1. The van der Waals surface area contributed by atoms with E-state index in [0.29, 0.717) is 13.1 Å². The zero-order valence-electron chi connectivity index (χ0n) is 12.0. The predicted molar refractivity (Wildman–Crippen MR) is 76.9 cm³/mol. The maximum atomic E-state index is 11.8. The Hall–Kier alpha value is -2.24. The Bertz CT molecular complexity index is 492. The Morgan fingerprint density at radius 3 is 2.76 bits per heavy atom. The molecule has 114 valence electrons. The van der Waals surface area contributed by atoms with Crippen molar-refractivity contribution in [3.05, 3.63) is 35.9 Å². The van der Waals surface area contributed by atoms with E-state index < -0.39 is 12.2 Å². The maximum Gasteiger partial charge on any atom is 0.407 e. The monoisotopic (exact) mass is 292 g/mol. The summed E-state index contributed by atoms with van der Waals surface area (Å²) in [6.45, 7) is 3.02. The van der Waals surface area contributed by atoms with Crippen LogP contribution >= 0.6 is 0 Å². The van der Waals surface area contributed by atoms with E-state index in [0.717, 1.165) is 12.0 Å². The Labute approximate surface area is 123 Å². The maximum absolute atomic E-state index is 11.8. The molecule has 6 nitrogen and oxygen atoms in total. The van der Waals surface area contributed by atoms with Gasteiger partial charge >= 0.3 is 12.2 Å². The van der Waals surface area contributed by atoms with Crippen molar-refractivity contribution in [1.29, 1.82) is 0 Å². The molecule has 2 amide bonds. The molecule has 2 N–H and O–H groups in total. The van der Waals surface area contributed by atoms with Crippen LogP contribution in [0.25, 0.3) is 0 Å². The van der Waals surface area contributed by atoms with Gasteiger partial charge in [0, 0.05) is 13.1 Å². The quantitative estimate of drug-likeness (QED) is 0.896. The highest BCUT2D eigenvalue weighted by molar-refractivity contribution is 5.68. The van der Waals surface area contributed by atoms with Crippen molar-refractivity contribution in [2.75, 3.05) is 13.1 Å². The number of rotatable bonds is 3. The zero-order chi connectivity index (χ0) is 15.2. The van der Waals surface area contributed by atoms with Gasteiger partial charge < -0.3 is 20.1 Å². The van der Waals surface area contributed by atoms with Gasteiger partial charge in [0.25, 0.3) is 0 Å². The normalized spacial score (nSPS) is 21.7. The lowest BCUT2D eigenvalue weighted by atomic mass is 9.94. The Balaban J connectivity index is 1.82. The van der Waals surface area contributed by atoms with Crippen LogP contribution in [0, 0.1) is 5.92 Å². The molecule has 1 saturated heterocycles. The number of carbonyl (C=O) groups excluding carboxylic acids is 1. The van der Waals surface area contributed by atoms with Gasteiger partial charge in [-0.15, -0.1) is 0 Å². The van der Waals surface area contributed by atoms with Crippen LogP contribution in [0.5, 0.6) is 0 Å². The van der Waals surface area contributed by atoms with E-state index in [2.05, 4.69) is 5.32 Å². The Morgan fingerprint density at radius 2 is 2.10 bits per heavy atom. The number of nitrogens with one attached hydrogen (secondary N) is 1. The fraction of sp³-hybridized carbons (Fsp3) is 0.467. The molecule has 0 radical (unpaired) electrons. The number of piperidine rings is 1. The van der Waals surface area contributed by atoms with Crippen molar-refractivity contribution < 1.29 is 19.4 Å². The van der Waals surface area contributed by atoms with E-state index in [1.54, 1.807) is 0 Å². The van der Waals surface area contributed by atoms with Gasteiger partial charge in [-0.05, 0) is 17.9 Å². The number of likely N-dealkylation sites (tertiary alicyclic amines) is 1. The highest BCUT2D eigenvalue weighted by atomic mass is 16.5. The van der Waals surface area contributed by atoms with Crippen molar-refractivity contribution >= 4 is 12.2 Å². The van der Waals surface area contributed by atoms with E-state index in [1.807, 2.05) is 37.3 Å². The van der Waals surface area contributed by atoms with E-state index in [-0.39, 0.29) is 18.6 Å². The minimum Gasteiger partial charge on any atom is -0.465 e. The zero-order valence-corrected chi connectivity index (χ0v) is 12.0. The molecule has 1 aliphatic heterocycles. The van der Waals surface area contributed by atoms with Gasteiger partial charge in [-0.1, -0.05) is 37.3 Å². The summed E-state index contributed by atoms with van der Waals surface area (Å²) in [5, 5.41) is 11.8. The first-order valence-corrected chi connectivity index (χ1v) is 7.01. The summed E-state index contributed by atoms with van der Waals surface area (Å²) in [6, 6.07) is 9.20. The van der Waals surface area contributed by atoms with Crippen molar-refractivity contribution in [2.45, 2.75) is 26.0 Å². The number of ether oxygens (including phenoxy) is 1. The van der Waals surface area contributed by atoms with Crippen LogP contribution in [0.3, 0.4) is 0 Å². The summed E-state index contributed by atoms with van der Waals surface area (Å²) in [5.41, 5.74) is 0.913. The summed E-state index contributed by atoms with van der Waals surface area (Å²) < 4.78 is 5.16. The van der Waals surface area contributed by atoms with Crippen molar-refractivity contribution in [3.63, 3.8) is 0 Å². The molecule has 0 unspecified atom stereocenters. The second kappa shape index (κ2) is 6.97. The van der Waals surface area contributed by atoms with Gasteiger partial charge in [-0.2, -0.15) is 0 Å². The molecule has 2 atom stereocenters. The van der Waals surface area contributed by atoms with E-state index >= 15 is 0 Å². The number of benzene rings is 1. The smallest absolute Gasteiger partial charge is 0.407 e. The number of carbonyl (C=O) groups is 2. The molecule has 2 rings (SSSR count). The van der Waals surface area contributed by atoms with Gasteiger partial charge in [-0.25, -0.2) is 9.59 Å². The fourth-order valence-electron chi connectivity index (χ4n) is 2.35. The van der Waals surface area contributed by atoms with Crippen molar-refractivity contribution in [2.24, 2.45) is 5.92 Å². The first kappa shape index (κ1) is 15.2. The average Bonchev–Trinajstić information content (AvgIpc) is 2.48. The Morgan fingerprint density at radius 1 is 1.38 bits per heavy atom. The third-order valence-electron chi connectivity index (χ3n) is 3.74. The lowest BCUT2D eigenvalue weighted by Gasteiger charge is -2.35. The van der Waals surface area contributed by atoms with Crippen LogP contribution in [0.1, 0.15) is 18.9 Å². The number of carboxylic acid groups (broad SMARTS) is 1. The molecule has 0 spiro atoms. The molecular weight excluding hydrogens is 272 g/mol. The minimum atomic E-state index is -0.952. The SMILES string of the molecule is C[C@H]1CCN(C(=O)O)C[C@H]1NC(=O)OCc1ccccc1. The molecule has 0 bridgehead atoms. The van der Waals surface area contributed by atoms with Crippen molar-refractivity contribution in [3.8, 4) is 0 Å². The number of nitrogens with zero attached hydrogens (tertiary/aromatic N) is 1. The summed E-state index contributed by atoms with van der Waals surface area (Å²) in [5.74, 6) is 0.227. The predicted octanol–water partition coefficient (Wildman–Crippen LogP) is 2.30. The molecule has 1 fully saturated rings. The van der Waals surface area contributed by atoms with Crippen LogP contribution < -0.4 is 5.32 Å². The van der Waals surface area contributed by atoms with Crippen LogP contribution in [-0.2, 0) is 11.3 Å². The van der Waals surface area contributed by atoms with Gasteiger partial charge in [-0.3, -0.25) is 0 Å². The molecule has 6 heteroatoms. The van der Waals surface area contributed by atoms with Gasteiger partial charge in [0.15, 0.2) is 0 Å². The highest BCUT2D eigenvalue weighted by Gasteiger charge is 2.30. The van der Waals surface area contributed by atoms with Crippen LogP contribution in [-0.4, -0.2) is 41.3 Å². The van der Waals surface area contributed by atoms with Gasteiger partial charge in [0.1, 0.15) is 6.61 Å². The van der Waals surface area contributed by atoms with Crippen molar-refractivity contribution in [1.82, 2.24) is 10.2 Å². The lowest BCUT2D eigenvalue weighted by molar-refractivity contribution is 0.0983. The summed E-state index contributed by atoms with van der Waals surface area (Å²) in [6.07, 6.45) is -0.732. The molecule has 0 saturated carbocycles.